The van der Waals surface area contributed by atoms with Gasteiger partial charge in [-0.25, -0.2) is 4.90 Å². The molecular formula is C15H15NO3. The lowest BCUT2D eigenvalue weighted by Gasteiger charge is -2.19. The average molecular weight is 257 g/mol. The number of amides is 2. The van der Waals surface area contributed by atoms with E-state index in [0.29, 0.717) is 17.5 Å². The van der Waals surface area contributed by atoms with Crippen molar-refractivity contribution < 1.29 is 14.7 Å². The van der Waals surface area contributed by atoms with Crippen LogP contribution in [0.1, 0.15) is 19.3 Å². The average Bonchev–Trinajstić information content (AvgIpc) is 3.06. The lowest BCUT2D eigenvalue weighted by molar-refractivity contribution is -0.123. The zero-order valence-corrected chi connectivity index (χ0v) is 10.5. The summed E-state index contributed by atoms with van der Waals surface area (Å²) in [6.45, 7) is 0. The van der Waals surface area contributed by atoms with Crippen LogP contribution < -0.4 is 4.90 Å². The van der Waals surface area contributed by atoms with Gasteiger partial charge in [0, 0.05) is 0 Å². The van der Waals surface area contributed by atoms with Crippen LogP contribution in [0, 0.1) is 23.7 Å². The molecule has 2 saturated carbocycles. The van der Waals surface area contributed by atoms with E-state index in [2.05, 4.69) is 0 Å². The molecule has 4 atom stereocenters. The number of rotatable bonds is 1. The normalized spacial score (nSPS) is 36.1. The lowest BCUT2D eigenvalue weighted by atomic mass is 9.81. The predicted molar refractivity (Wildman–Crippen MR) is 68.4 cm³/mol. The van der Waals surface area contributed by atoms with E-state index in [9.17, 15) is 14.7 Å². The van der Waals surface area contributed by atoms with Gasteiger partial charge < -0.3 is 5.11 Å². The van der Waals surface area contributed by atoms with E-state index in [0.717, 1.165) is 19.3 Å². The van der Waals surface area contributed by atoms with Crippen molar-refractivity contribution in [3.8, 4) is 5.75 Å². The molecule has 19 heavy (non-hydrogen) atoms. The minimum atomic E-state index is -0.133. The molecule has 1 saturated heterocycles. The first-order valence-electron chi connectivity index (χ1n) is 6.84. The van der Waals surface area contributed by atoms with Gasteiger partial charge in [0.1, 0.15) is 5.75 Å². The first-order valence-corrected chi connectivity index (χ1v) is 6.84. The summed E-state index contributed by atoms with van der Waals surface area (Å²) in [5, 5.41) is 9.87. The van der Waals surface area contributed by atoms with Crippen LogP contribution in [0.4, 0.5) is 5.69 Å². The van der Waals surface area contributed by atoms with Crippen molar-refractivity contribution in [1.82, 2.24) is 0 Å². The third-order valence-electron chi connectivity index (χ3n) is 5.05. The molecule has 1 aromatic carbocycles. The summed E-state index contributed by atoms with van der Waals surface area (Å²) in [6.07, 6.45) is 3.17. The van der Waals surface area contributed by atoms with E-state index < -0.39 is 0 Å². The SMILES string of the molecule is O=C1[C@H]2[C@@H]3CC[C@@H](C3)[C@@H]2C(=O)N1c1ccccc1O. The fraction of sp³-hybridized carbons (Fsp3) is 0.467. The van der Waals surface area contributed by atoms with Gasteiger partial charge in [-0.1, -0.05) is 12.1 Å². The number of aromatic hydroxyl groups is 1. The van der Waals surface area contributed by atoms with Crippen LogP contribution in [0.3, 0.4) is 0 Å². The molecule has 0 aromatic heterocycles. The Kier molecular flexibility index (Phi) is 2.08. The zero-order valence-electron chi connectivity index (χ0n) is 10.5. The number of benzene rings is 1. The molecule has 0 spiro atoms. The highest BCUT2D eigenvalue weighted by Gasteiger charge is 2.61. The molecule has 1 heterocycles. The quantitative estimate of drug-likeness (QED) is 0.782. The Morgan fingerprint density at radius 2 is 1.58 bits per heavy atom. The second-order valence-corrected chi connectivity index (χ2v) is 5.89. The van der Waals surface area contributed by atoms with Crippen LogP contribution in [0.5, 0.6) is 5.75 Å². The fourth-order valence-electron chi connectivity index (χ4n) is 4.30. The maximum absolute atomic E-state index is 12.5. The summed E-state index contributed by atoms with van der Waals surface area (Å²) in [7, 11) is 0. The zero-order chi connectivity index (χ0) is 13.1. The Hall–Kier alpha value is -1.84. The highest BCUT2D eigenvalue weighted by atomic mass is 16.3. The van der Waals surface area contributed by atoms with Crippen molar-refractivity contribution in [3.05, 3.63) is 24.3 Å². The highest BCUT2D eigenvalue weighted by molar-refractivity contribution is 6.23. The Balaban J connectivity index is 1.78. The Morgan fingerprint density at radius 1 is 1.00 bits per heavy atom. The molecule has 4 heteroatoms. The van der Waals surface area contributed by atoms with E-state index in [-0.39, 0.29) is 29.4 Å². The summed E-state index contributed by atoms with van der Waals surface area (Å²) in [5.41, 5.74) is 0.339. The molecule has 4 nitrogen and oxygen atoms in total. The number of carbonyl (C=O) groups excluding carboxylic acids is 2. The number of phenolic OH excluding ortho intramolecular Hbond substituents is 1. The molecule has 3 fully saturated rings. The molecule has 2 amide bonds. The van der Waals surface area contributed by atoms with E-state index in [1.165, 1.54) is 11.0 Å². The number of hydrogen-bond acceptors (Lipinski definition) is 3. The first-order chi connectivity index (χ1) is 9.18. The van der Waals surface area contributed by atoms with Gasteiger partial charge >= 0.3 is 0 Å². The highest BCUT2D eigenvalue weighted by Crippen LogP contribution is 2.57. The maximum Gasteiger partial charge on any atom is 0.238 e. The lowest BCUT2D eigenvalue weighted by Crippen LogP contribution is -2.32. The largest absolute Gasteiger partial charge is 0.506 e. The van der Waals surface area contributed by atoms with Gasteiger partial charge in [-0.3, -0.25) is 9.59 Å². The van der Waals surface area contributed by atoms with Gasteiger partial charge in [-0.15, -0.1) is 0 Å². The minimum Gasteiger partial charge on any atom is -0.506 e. The third kappa shape index (κ3) is 1.29. The van der Waals surface area contributed by atoms with Gasteiger partial charge in [0.15, 0.2) is 0 Å². The number of hydrogen-bond donors (Lipinski definition) is 1. The van der Waals surface area contributed by atoms with E-state index in [1.807, 2.05) is 0 Å². The van der Waals surface area contributed by atoms with E-state index in [1.54, 1.807) is 18.2 Å². The topological polar surface area (TPSA) is 57.6 Å². The van der Waals surface area contributed by atoms with Crippen LogP contribution in [0.25, 0.3) is 0 Å². The minimum absolute atomic E-state index is 0.00322. The van der Waals surface area contributed by atoms with Crippen LogP contribution in [0.15, 0.2) is 24.3 Å². The summed E-state index contributed by atoms with van der Waals surface area (Å²) in [4.78, 5) is 26.3. The van der Waals surface area contributed by atoms with Gasteiger partial charge in [-0.05, 0) is 43.2 Å². The van der Waals surface area contributed by atoms with Crippen LogP contribution in [0.2, 0.25) is 0 Å². The van der Waals surface area contributed by atoms with Gasteiger partial charge in [0.2, 0.25) is 11.8 Å². The fourth-order valence-corrected chi connectivity index (χ4v) is 4.30. The number of anilines is 1. The summed E-state index contributed by atoms with van der Waals surface area (Å²) in [5.74, 6) is 0.269. The number of para-hydroxylation sites is 2. The summed E-state index contributed by atoms with van der Waals surface area (Å²) < 4.78 is 0. The van der Waals surface area contributed by atoms with Crippen molar-refractivity contribution in [2.45, 2.75) is 19.3 Å². The van der Waals surface area contributed by atoms with Crippen LogP contribution in [-0.2, 0) is 9.59 Å². The molecule has 4 rings (SSSR count). The molecule has 3 aliphatic rings. The Labute approximate surface area is 111 Å². The molecule has 1 aliphatic heterocycles. The number of nitrogens with zero attached hydrogens (tertiary/aromatic N) is 1. The molecule has 1 N–H and O–H groups in total. The second-order valence-electron chi connectivity index (χ2n) is 5.89. The molecular weight excluding hydrogens is 242 g/mol. The summed E-state index contributed by atoms with van der Waals surface area (Å²) >= 11 is 0. The van der Waals surface area contributed by atoms with Gasteiger partial charge in [-0.2, -0.15) is 0 Å². The van der Waals surface area contributed by atoms with Crippen molar-refractivity contribution in [2.24, 2.45) is 23.7 Å². The maximum atomic E-state index is 12.5. The standard InChI is InChI=1S/C15H15NO3/c17-11-4-2-1-3-10(11)16-14(18)12-8-5-6-9(7-8)13(12)15(16)19/h1-4,8-9,12-13,17H,5-7H2/t8-,9+,12-,13-/m0/s1. The molecule has 0 radical (unpaired) electrons. The molecule has 98 valence electrons. The second kappa shape index (κ2) is 3.59. The number of fused-ring (bicyclic) bond motifs is 5. The Bertz CT molecular complexity index is 555. The molecule has 2 aliphatic carbocycles. The van der Waals surface area contributed by atoms with Gasteiger partial charge in [0.05, 0.1) is 17.5 Å². The third-order valence-corrected chi connectivity index (χ3v) is 5.05. The van der Waals surface area contributed by atoms with Crippen molar-refractivity contribution >= 4 is 17.5 Å². The van der Waals surface area contributed by atoms with E-state index >= 15 is 0 Å². The number of imide groups is 1. The smallest absolute Gasteiger partial charge is 0.238 e. The van der Waals surface area contributed by atoms with Crippen LogP contribution >= 0.6 is 0 Å². The van der Waals surface area contributed by atoms with Crippen molar-refractivity contribution in [2.75, 3.05) is 4.90 Å². The molecule has 2 bridgehead atoms. The van der Waals surface area contributed by atoms with Crippen LogP contribution in [-0.4, -0.2) is 16.9 Å². The van der Waals surface area contributed by atoms with Crippen molar-refractivity contribution in [1.29, 1.82) is 0 Å². The van der Waals surface area contributed by atoms with E-state index in [4.69, 9.17) is 0 Å². The summed E-state index contributed by atoms with van der Waals surface area (Å²) in [6, 6.07) is 6.57. The molecule has 0 unspecified atom stereocenters. The van der Waals surface area contributed by atoms with Crippen molar-refractivity contribution in [3.63, 3.8) is 0 Å². The van der Waals surface area contributed by atoms with Gasteiger partial charge in [0.25, 0.3) is 0 Å². The Morgan fingerprint density at radius 3 is 2.16 bits per heavy atom. The monoisotopic (exact) mass is 257 g/mol. The molecule has 1 aromatic rings. The predicted octanol–water partition coefficient (Wildman–Crippen LogP) is 1.93. The first kappa shape index (κ1) is 11.0. The number of carbonyl (C=O) groups is 2. The number of phenols is 1.